The van der Waals surface area contributed by atoms with Crippen LogP contribution in [0, 0.1) is 0 Å². The van der Waals surface area contributed by atoms with Crippen LogP contribution in [0.25, 0.3) is 10.2 Å². The van der Waals surface area contributed by atoms with Crippen LogP contribution in [-0.4, -0.2) is 45.3 Å². The number of benzene rings is 1. The van der Waals surface area contributed by atoms with Gasteiger partial charge < -0.3 is 10.0 Å². The van der Waals surface area contributed by atoms with E-state index in [1.807, 2.05) is 31.2 Å². The topological polar surface area (TPSA) is 53.4 Å². The molecule has 1 saturated heterocycles. The summed E-state index contributed by atoms with van der Waals surface area (Å²) in [6.07, 6.45) is 1.71. The number of hydrogen-bond donors (Lipinski definition) is 1. The number of hydrogen-bond acceptors (Lipinski definition) is 5. The van der Waals surface area contributed by atoms with Crippen LogP contribution in [0.4, 0.5) is 0 Å². The molecule has 0 radical (unpaired) electrons. The summed E-state index contributed by atoms with van der Waals surface area (Å²) < 4.78 is 2.07. The Bertz CT molecular complexity index is 617. The number of thiazole rings is 1. The first-order chi connectivity index (χ1) is 10.1. The van der Waals surface area contributed by atoms with E-state index in [1.54, 1.807) is 16.2 Å². The number of carbonyl (C=O) groups excluding carboxylic acids is 1. The Morgan fingerprint density at radius 2 is 2.24 bits per heavy atom. The van der Waals surface area contributed by atoms with Crippen LogP contribution in [0.2, 0.25) is 0 Å². The number of thioether (sulfide) groups is 1. The van der Waals surface area contributed by atoms with E-state index in [0.29, 0.717) is 18.8 Å². The van der Waals surface area contributed by atoms with E-state index < -0.39 is 5.60 Å². The summed E-state index contributed by atoms with van der Waals surface area (Å²) in [4.78, 5) is 18.3. The highest BCUT2D eigenvalue weighted by atomic mass is 32.2. The number of carbonyl (C=O) groups is 1. The van der Waals surface area contributed by atoms with Crippen LogP contribution in [0.5, 0.6) is 0 Å². The molecule has 4 nitrogen and oxygen atoms in total. The summed E-state index contributed by atoms with van der Waals surface area (Å²) in [5.74, 6) is 0.474. The Morgan fingerprint density at radius 3 is 2.95 bits per heavy atom. The molecule has 1 aromatic carbocycles. The van der Waals surface area contributed by atoms with Gasteiger partial charge in [-0.15, -0.1) is 11.3 Å². The number of aromatic nitrogens is 1. The third-order valence-corrected chi connectivity index (χ3v) is 5.80. The molecule has 0 atom stereocenters. The molecule has 0 saturated carbocycles. The van der Waals surface area contributed by atoms with Crippen molar-refractivity contribution in [2.24, 2.45) is 0 Å². The zero-order valence-electron chi connectivity index (χ0n) is 11.9. The average molecular weight is 322 g/mol. The normalized spacial score (nSPS) is 17.0. The third-order valence-electron chi connectivity index (χ3n) is 3.63. The van der Waals surface area contributed by atoms with Gasteiger partial charge in [-0.05, 0) is 18.6 Å². The monoisotopic (exact) mass is 322 g/mol. The van der Waals surface area contributed by atoms with E-state index in [0.717, 1.165) is 27.4 Å². The standard InChI is InChI=1S/C15H18N2O2S2/c1-2-7-15(19)9-17(10-15)13(18)8-20-14-16-11-5-3-4-6-12(11)21-14/h3-6,19H,2,7-10H2,1H3. The second-order valence-corrected chi connectivity index (χ2v) is 7.71. The van der Waals surface area contributed by atoms with Crippen LogP contribution >= 0.6 is 23.1 Å². The Balaban J connectivity index is 1.52. The molecule has 0 aliphatic carbocycles. The van der Waals surface area contributed by atoms with Gasteiger partial charge in [0.2, 0.25) is 5.91 Å². The highest BCUT2D eigenvalue weighted by Crippen LogP contribution is 2.31. The minimum Gasteiger partial charge on any atom is -0.386 e. The van der Waals surface area contributed by atoms with Crippen LogP contribution in [0.3, 0.4) is 0 Å². The molecule has 0 spiro atoms. The van der Waals surface area contributed by atoms with Gasteiger partial charge in [-0.25, -0.2) is 4.98 Å². The fourth-order valence-electron chi connectivity index (χ4n) is 2.59. The predicted octanol–water partition coefficient (Wildman–Crippen LogP) is 2.76. The quantitative estimate of drug-likeness (QED) is 0.860. The minimum absolute atomic E-state index is 0.0834. The highest BCUT2D eigenvalue weighted by molar-refractivity contribution is 8.01. The molecule has 0 unspecified atom stereocenters. The summed E-state index contributed by atoms with van der Waals surface area (Å²) >= 11 is 3.10. The lowest BCUT2D eigenvalue weighted by Gasteiger charge is -2.46. The van der Waals surface area contributed by atoms with Crippen molar-refractivity contribution in [3.63, 3.8) is 0 Å². The van der Waals surface area contributed by atoms with Gasteiger partial charge in [0, 0.05) is 0 Å². The van der Waals surface area contributed by atoms with Crippen molar-refractivity contribution >= 4 is 39.2 Å². The summed E-state index contributed by atoms with van der Waals surface area (Å²) in [7, 11) is 0. The number of amides is 1. The summed E-state index contributed by atoms with van der Waals surface area (Å²) in [6.45, 7) is 2.99. The number of β-amino-alcohol motifs (C(OH)–C–C–N with tert-alkyl or cyclic N) is 1. The van der Waals surface area contributed by atoms with E-state index in [2.05, 4.69) is 4.98 Å². The maximum Gasteiger partial charge on any atom is 0.233 e. The highest BCUT2D eigenvalue weighted by Gasteiger charge is 2.42. The van der Waals surface area contributed by atoms with Crippen LogP contribution in [-0.2, 0) is 4.79 Å². The Labute approximate surface area is 132 Å². The average Bonchev–Trinajstić information content (AvgIpc) is 2.85. The first-order valence-corrected chi connectivity index (χ1v) is 8.88. The Kier molecular flexibility index (Phi) is 4.19. The second kappa shape index (κ2) is 5.94. The van der Waals surface area contributed by atoms with E-state index in [1.165, 1.54) is 11.8 Å². The molecule has 3 rings (SSSR count). The third kappa shape index (κ3) is 3.22. The van der Waals surface area contributed by atoms with Crippen molar-refractivity contribution in [3.05, 3.63) is 24.3 Å². The number of para-hydroxylation sites is 1. The first-order valence-electron chi connectivity index (χ1n) is 7.08. The lowest BCUT2D eigenvalue weighted by Crippen LogP contribution is -2.63. The molecule has 1 aromatic heterocycles. The predicted molar refractivity (Wildman–Crippen MR) is 86.8 cm³/mol. The molecule has 1 N–H and O–H groups in total. The Morgan fingerprint density at radius 1 is 1.48 bits per heavy atom. The zero-order chi connectivity index (χ0) is 14.9. The van der Waals surface area contributed by atoms with Crippen LogP contribution < -0.4 is 0 Å². The second-order valence-electron chi connectivity index (χ2n) is 5.46. The molecule has 2 aromatic rings. The molecule has 21 heavy (non-hydrogen) atoms. The van der Waals surface area contributed by atoms with Gasteiger partial charge >= 0.3 is 0 Å². The van der Waals surface area contributed by atoms with Crippen molar-refractivity contribution in [2.75, 3.05) is 18.8 Å². The van der Waals surface area contributed by atoms with Crippen molar-refractivity contribution in [1.29, 1.82) is 0 Å². The lowest BCUT2D eigenvalue weighted by molar-refractivity contribution is -0.153. The number of fused-ring (bicyclic) bond motifs is 1. The molecule has 1 fully saturated rings. The summed E-state index contributed by atoms with van der Waals surface area (Å²) in [5.41, 5.74) is 0.337. The zero-order valence-corrected chi connectivity index (χ0v) is 13.5. The van der Waals surface area contributed by atoms with Crippen LogP contribution in [0.1, 0.15) is 19.8 Å². The fourth-order valence-corrected chi connectivity index (χ4v) is 4.56. The molecule has 2 heterocycles. The van der Waals surface area contributed by atoms with Crippen LogP contribution in [0.15, 0.2) is 28.6 Å². The lowest BCUT2D eigenvalue weighted by atomic mass is 9.89. The maximum absolute atomic E-state index is 12.1. The molecule has 1 aliphatic heterocycles. The van der Waals surface area contributed by atoms with Gasteiger partial charge in [0.15, 0.2) is 4.34 Å². The number of nitrogens with zero attached hydrogens (tertiary/aromatic N) is 2. The van der Waals surface area contributed by atoms with Crippen molar-refractivity contribution < 1.29 is 9.90 Å². The summed E-state index contributed by atoms with van der Waals surface area (Å²) in [6, 6.07) is 7.99. The van der Waals surface area contributed by atoms with Crippen molar-refractivity contribution in [2.45, 2.75) is 29.7 Å². The molecule has 112 valence electrons. The maximum atomic E-state index is 12.1. The van der Waals surface area contributed by atoms with Crippen molar-refractivity contribution in [3.8, 4) is 0 Å². The van der Waals surface area contributed by atoms with Gasteiger partial charge in [0.05, 0.1) is 34.7 Å². The molecular weight excluding hydrogens is 304 g/mol. The molecule has 1 aliphatic rings. The van der Waals surface area contributed by atoms with E-state index in [4.69, 9.17) is 0 Å². The molecule has 0 bridgehead atoms. The number of aliphatic hydroxyl groups is 1. The van der Waals surface area contributed by atoms with Crippen molar-refractivity contribution in [1.82, 2.24) is 9.88 Å². The van der Waals surface area contributed by atoms with Gasteiger partial charge in [-0.3, -0.25) is 4.79 Å². The Hall–Kier alpha value is -1.11. The first kappa shape index (κ1) is 14.8. The van der Waals surface area contributed by atoms with E-state index >= 15 is 0 Å². The van der Waals surface area contributed by atoms with E-state index in [9.17, 15) is 9.90 Å². The summed E-state index contributed by atoms with van der Waals surface area (Å²) in [5, 5.41) is 10.1. The largest absolute Gasteiger partial charge is 0.386 e. The van der Waals surface area contributed by atoms with Gasteiger partial charge in [-0.2, -0.15) is 0 Å². The van der Waals surface area contributed by atoms with Gasteiger partial charge in [0.1, 0.15) is 0 Å². The smallest absolute Gasteiger partial charge is 0.233 e. The number of rotatable bonds is 5. The SMILES string of the molecule is CCCC1(O)CN(C(=O)CSc2nc3ccccc3s2)C1. The molecule has 6 heteroatoms. The number of likely N-dealkylation sites (tertiary alicyclic amines) is 1. The van der Waals surface area contributed by atoms with Gasteiger partial charge in [-0.1, -0.05) is 37.2 Å². The molecular formula is C15H18N2O2S2. The van der Waals surface area contributed by atoms with Gasteiger partial charge in [0.25, 0.3) is 0 Å². The van der Waals surface area contributed by atoms with E-state index in [-0.39, 0.29) is 5.91 Å². The minimum atomic E-state index is -0.648. The fraction of sp³-hybridized carbons (Fsp3) is 0.467. The molecule has 1 amide bonds.